The number of rotatable bonds is 8. The molecule has 0 bridgehead atoms. The van der Waals surface area contributed by atoms with Crippen molar-refractivity contribution >= 4 is 0 Å². The Bertz CT molecular complexity index is 1020. The minimum Gasteiger partial charge on any atom is -0.485 e. The van der Waals surface area contributed by atoms with Crippen LogP contribution in [-0.2, 0) is 6.42 Å². The van der Waals surface area contributed by atoms with Gasteiger partial charge in [0.05, 0.1) is 0 Å². The maximum atomic E-state index is 6.56. The smallest absolute Gasteiger partial charge is 0.127 e. The SMILES string of the molecule is CCCCCc1ccc(C#Cc2ccc(OC(c3ccccc3)C3CCCCC3)cc2)cc1. The van der Waals surface area contributed by atoms with Crippen molar-refractivity contribution in [3.63, 3.8) is 0 Å². The lowest BCUT2D eigenvalue weighted by Crippen LogP contribution is -2.21. The Morgan fingerprint density at radius 1 is 0.758 bits per heavy atom. The molecule has 0 radical (unpaired) electrons. The summed E-state index contributed by atoms with van der Waals surface area (Å²) >= 11 is 0. The van der Waals surface area contributed by atoms with Crippen molar-refractivity contribution in [3.05, 3.63) is 101 Å². The maximum absolute atomic E-state index is 6.56. The monoisotopic (exact) mass is 436 g/mol. The molecule has 0 saturated heterocycles. The zero-order valence-electron chi connectivity index (χ0n) is 19.9. The van der Waals surface area contributed by atoms with Crippen LogP contribution in [0.4, 0.5) is 0 Å². The van der Waals surface area contributed by atoms with Gasteiger partial charge in [-0.15, -0.1) is 0 Å². The molecule has 170 valence electrons. The van der Waals surface area contributed by atoms with Gasteiger partial charge in [-0.1, -0.05) is 93.3 Å². The summed E-state index contributed by atoms with van der Waals surface area (Å²) in [7, 11) is 0. The van der Waals surface area contributed by atoms with Crippen molar-refractivity contribution in [1.29, 1.82) is 0 Å². The second kappa shape index (κ2) is 12.3. The van der Waals surface area contributed by atoms with E-state index in [0.717, 1.165) is 23.3 Å². The molecule has 0 heterocycles. The van der Waals surface area contributed by atoms with E-state index in [1.54, 1.807) is 0 Å². The number of benzene rings is 3. The van der Waals surface area contributed by atoms with Gasteiger partial charge in [0, 0.05) is 17.0 Å². The Hall–Kier alpha value is -2.98. The highest BCUT2D eigenvalue weighted by Gasteiger charge is 2.26. The van der Waals surface area contributed by atoms with E-state index in [0.29, 0.717) is 5.92 Å². The molecule has 0 aliphatic heterocycles. The third-order valence-corrected chi connectivity index (χ3v) is 6.70. The molecule has 1 aliphatic rings. The summed E-state index contributed by atoms with van der Waals surface area (Å²) in [6, 6.07) is 27.7. The third-order valence-electron chi connectivity index (χ3n) is 6.70. The average Bonchev–Trinajstić information content (AvgIpc) is 2.89. The van der Waals surface area contributed by atoms with Gasteiger partial charge in [-0.3, -0.25) is 0 Å². The Labute approximate surface area is 200 Å². The van der Waals surface area contributed by atoms with Crippen molar-refractivity contribution in [2.45, 2.75) is 70.8 Å². The maximum Gasteiger partial charge on any atom is 0.127 e. The van der Waals surface area contributed by atoms with E-state index in [1.807, 2.05) is 0 Å². The lowest BCUT2D eigenvalue weighted by atomic mass is 9.82. The van der Waals surface area contributed by atoms with Crippen molar-refractivity contribution in [2.75, 3.05) is 0 Å². The first-order valence-electron chi connectivity index (χ1n) is 12.7. The minimum atomic E-state index is 0.124. The fourth-order valence-corrected chi connectivity index (χ4v) is 4.76. The van der Waals surface area contributed by atoms with Crippen LogP contribution >= 0.6 is 0 Å². The number of ether oxygens (including phenoxy) is 1. The summed E-state index contributed by atoms with van der Waals surface area (Å²) in [6.07, 6.45) is 11.6. The normalized spacial score (nSPS) is 14.8. The first kappa shape index (κ1) is 23.2. The van der Waals surface area contributed by atoms with Crippen LogP contribution in [0.15, 0.2) is 78.9 Å². The van der Waals surface area contributed by atoms with E-state index >= 15 is 0 Å². The van der Waals surface area contributed by atoms with Crippen LogP contribution in [0.3, 0.4) is 0 Å². The van der Waals surface area contributed by atoms with E-state index in [1.165, 1.54) is 62.5 Å². The molecule has 0 N–H and O–H groups in total. The van der Waals surface area contributed by atoms with Gasteiger partial charge in [0.1, 0.15) is 11.9 Å². The van der Waals surface area contributed by atoms with E-state index < -0.39 is 0 Å². The van der Waals surface area contributed by atoms with Crippen LogP contribution in [0.5, 0.6) is 5.75 Å². The second-order valence-corrected chi connectivity index (χ2v) is 9.28. The highest BCUT2D eigenvalue weighted by Crippen LogP contribution is 2.37. The van der Waals surface area contributed by atoms with Gasteiger partial charge < -0.3 is 4.74 Å². The molecule has 1 nitrogen and oxygen atoms in total. The van der Waals surface area contributed by atoms with Crippen molar-refractivity contribution in [1.82, 2.24) is 0 Å². The molecule has 1 unspecified atom stereocenters. The lowest BCUT2D eigenvalue weighted by Gasteiger charge is -2.31. The molecule has 1 fully saturated rings. The number of unbranched alkanes of at least 4 members (excludes halogenated alkanes) is 2. The highest BCUT2D eigenvalue weighted by molar-refractivity contribution is 5.45. The zero-order valence-corrected chi connectivity index (χ0v) is 19.9. The molecule has 1 aliphatic carbocycles. The van der Waals surface area contributed by atoms with Crippen LogP contribution in [0.25, 0.3) is 0 Å². The van der Waals surface area contributed by atoms with E-state index in [-0.39, 0.29) is 6.10 Å². The molecule has 3 aromatic rings. The molecule has 0 amide bonds. The molecule has 4 rings (SSSR count). The summed E-state index contributed by atoms with van der Waals surface area (Å²) in [6.45, 7) is 2.25. The van der Waals surface area contributed by atoms with Crippen molar-refractivity contribution in [3.8, 4) is 17.6 Å². The number of hydrogen-bond acceptors (Lipinski definition) is 1. The van der Waals surface area contributed by atoms with E-state index in [2.05, 4.69) is 97.6 Å². The topological polar surface area (TPSA) is 9.23 Å². The summed E-state index contributed by atoms with van der Waals surface area (Å²) in [5.74, 6) is 8.12. The van der Waals surface area contributed by atoms with Crippen LogP contribution in [0.1, 0.15) is 86.6 Å². The van der Waals surface area contributed by atoms with E-state index in [9.17, 15) is 0 Å². The lowest BCUT2D eigenvalue weighted by molar-refractivity contribution is 0.108. The van der Waals surface area contributed by atoms with Crippen LogP contribution in [0.2, 0.25) is 0 Å². The largest absolute Gasteiger partial charge is 0.485 e. The average molecular weight is 437 g/mol. The van der Waals surface area contributed by atoms with Crippen LogP contribution in [0, 0.1) is 17.8 Å². The molecule has 0 aromatic heterocycles. The Morgan fingerprint density at radius 3 is 2.03 bits per heavy atom. The summed E-state index contributed by atoms with van der Waals surface area (Å²) in [4.78, 5) is 0. The predicted octanol–water partition coefficient (Wildman–Crippen LogP) is 8.52. The quantitative estimate of drug-likeness (QED) is 0.254. The highest BCUT2D eigenvalue weighted by atomic mass is 16.5. The van der Waals surface area contributed by atoms with Crippen molar-refractivity contribution < 1.29 is 4.74 Å². The van der Waals surface area contributed by atoms with Gasteiger partial charge >= 0.3 is 0 Å². The summed E-state index contributed by atoms with van der Waals surface area (Å²) in [5.41, 5.74) is 4.77. The van der Waals surface area contributed by atoms with Crippen LogP contribution in [-0.4, -0.2) is 0 Å². The van der Waals surface area contributed by atoms with Gasteiger partial charge in [-0.05, 0) is 73.2 Å². The minimum absolute atomic E-state index is 0.124. The van der Waals surface area contributed by atoms with Gasteiger partial charge in [0.25, 0.3) is 0 Å². The third kappa shape index (κ3) is 7.00. The Morgan fingerprint density at radius 2 is 1.39 bits per heavy atom. The fourth-order valence-electron chi connectivity index (χ4n) is 4.76. The van der Waals surface area contributed by atoms with Gasteiger partial charge in [-0.25, -0.2) is 0 Å². The molecular formula is C32H36O. The molecule has 1 atom stereocenters. The van der Waals surface area contributed by atoms with Crippen LogP contribution < -0.4 is 4.74 Å². The first-order chi connectivity index (χ1) is 16.3. The number of hydrogen-bond donors (Lipinski definition) is 0. The molecule has 0 spiro atoms. The second-order valence-electron chi connectivity index (χ2n) is 9.28. The Kier molecular flexibility index (Phi) is 8.65. The summed E-state index contributed by atoms with van der Waals surface area (Å²) in [5, 5.41) is 0. The van der Waals surface area contributed by atoms with Gasteiger partial charge in [-0.2, -0.15) is 0 Å². The molecule has 33 heavy (non-hydrogen) atoms. The first-order valence-corrected chi connectivity index (χ1v) is 12.7. The van der Waals surface area contributed by atoms with Crippen molar-refractivity contribution in [2.24, 2.45) is 5.92 Å². The zero-order chi connectivity index (χ0) is 22.7. The molecule has 1 heteroatoms. The molecule has 3 aromatic carbocycles. The Balaban J connectivity index is 1.40. The van der Waals surface area contributed by atoms with Gasteiger partial charge in [0.2, 0.25) is 0 Å². The molecule has 1 saturated carbocycles. The predicted molar refractivity (Wildman–Crippen MR) is 138 cm³/mol. The molecular weight excluding hydrogens is 400 g/mol. The van der Waals surface area contributed by atoms with Gasteiger partial charge in [0.15, 0.2) is 0 Å². The van der Waals surface area contributed by atoms with E-state index in [4.69, 9.17) is 4.74 Å². The number of aryl methyl sites for hydroxylation is 1. The standard InChI is InChI=1S/C32H36O/c1-2-3-6-11-26-16-18-27(19-17-26)20-21-28-22-24-31(25-23-28)33-32(29-12-7-4-8-13-29)30-14-9-5-10-15-30/h4,7-8,12-13,16-19,22-25,30,32H,2-3,5-6,9-11,14-15H2,1H3. The fraction of sp³-hybridized carbons (Fsp3) is 0.375. The summed E-state index contributed by atoms with van der Waals surface area (Å²) < 4.78 is 6.56.